The lowest BCUT2D eigenvalue weighted by atomic mass is 10.2. The second kappa shape index (κ2) is 4.20. The fourth-order valence-electron chi connectivity index (χ4n) is 1.29. The van der Waals surface area contributed by atoms with Crippen molar-refractivity contribution in [3.05, 3.63) is 28.8 Å². The van der Waals surface area contributed by atoms with Crippen LogP contribution >= 0.6 is 22.0 Å². The molecule has 0 amide bonds. The topological polar surface area (TPSA) is 60.2 Å². The minimum Gasteiger partial charge on any atom is -0.355 e. The summed E-state index contributed by atoms with van der Waals surface area (Å²) in [6, 6.07) is 3.55. The predicted molar refractivity (Wildman–Crippen MR) is 63.0 cm³/mol. The van der Waals surface area contributed by atoms with Crippen LogP contribution in [0.1, 0.15) is 11.3 Å². The highest BCUT2D eigenvalue weighted by Gasteiger charge is 2.14. The molecule has 0 atom stereocenters. The maximum Gasteiger partial charge on any atom is 0.238 e. The highest BCUT2D eigenvalue weighted by molar-refractivity contribution is 8.13. The third-order valence-electron chi connectivity index (χ3n) is 1.97. The Hall–Kier alpha value is -0.850. The van der Waals surface area contributed by atoms with Gasteiger partial charge in [0, 0.05) is 16.7 Å². The van der Waals surface area contributed by atoms with E-state index in [0.29, 0.717) is 11.5 Å². The first kappa shape index (κ1) is 11.6. The summed E-state index contributed by atoms with van der Waals surface area (Å²) in [5.41, 5.74) is 1.39. The Morgan fingerprint density at radius 3 is 2.88 bits per heavy atom. The zero-order chi connectivity index (χ0) is 11.8. The van der Waals surface area contributed by atoms with Gasteiger partial charge in [0.25, 0.3) is 0 Å². The van der Waals surface area contributed by atoms with Crippen molar-refractivity contribution in [1.29, 1.82) is 0 Å². The van der Waals surface area contributed by atoms with E-state index in [1.165, 1.54) is 11.3 Å². The van der Waals surface area contributed by atoms with Crippen LogP contribution in [0.25, 0.3) is 10.6 Å². The molecule has 2 aromatic rings. The highest BCUT2D eigenvalue weighted by Crippen LogP contribution is 2.29. The van der Waals surface area contributed by atoms with Crippen molar-refractivity contribution in [2.75, 3.05) is 0 Å². The summed E-state index contributed by atoms with van der Waals surface area (Å²) in [5, 5.41) is 5.60. The Labute approximate surface area is 101 Å². The minimum absolute atomic E-state index is 0.317. The van der Waals surface area contributed by atoms with Crippen molar-refractivity contribution in [2.45, 2.75) is 12.7 Å². The quantitative estimate of drug-likeness (QED) is 0.810. The van der Waals surface area contributed by atoms with Crippen LogP contribution < -0.4 is 0 Å². The summed E-state index contributed by atoms with van der Waals surface area (Å²) in [4.78, 5) is 0.950. The fourth-order valence-corrected chi connectivity index (χ4v) is 2.99. The van der Waals surface area contributed by atoms with E-state index >= 15 is 0 Å². The molecule has 2 heterocycles. The number of hydrogen-bond acceptors (Lipinski definition) is 5. The number of hydrogen-bond donors (Lipinski definition) is 0. The third-order valence-corrected chi connectivity index (χ3v) is 3.96. The van der Waals surface area contributed by atoms with Gasteiger partial charge in [0.05, 0.1) is 4.88 Å². The second-order valence-corrected chi connectivity index (χ2v) is 6.99. The molecule has 7 heteroatoms. The van der Waals surface area contributed by atoms with Crippen molar-refractivity contribution in [2.24, 2.45) is 0 Å². The zero-order valence-corrected chi connectivity index (χ0v) is 10.7. The minimum atomic E-state index is -3.59. The van der Waals surface area contributed by atoms with E-state index in [4.69, 9.17) is 15.2 Å². The average Bonchev–Trinajstić information content (AvgIpc) is 2.71. The van der Waals surface area contributed by atoms with Crippen LogP contribution in [0.5, 0.6) is 0 Å². The van der Waals surface area contributed by atoms with E-state index in [-0.39, 0.29) is 5.75 Å². The Morgan fingerprint density at radius 1 is 1.56 bits per heavy atom. The molecular weight excluding hydrogens is 270 g/mol. The number of aryl methyl sites for hydroxylation is 1. The number of thiophene rings is 1. The fraction of sp³-hybridized carbons (Fsp3) is 0.222. The summed E-state index contributed by atoms with van der Waals surface area (Å²) in [5.74, 6) is 0.255. The average molecular weight is 278 g/mol. The summed E-state index contributed by atoms with van der Waals surface area (Å²) < 4.78 is 26.8. The standard InChI is InChI=1S/C9H8ClNO3S2/c1-6-2-3-15-9(6)8-4-7(11-14-8)5-16(10,12)13/h2-4H,5H2,1H3. The smallest absolute Gasteiger partial charge is 0.238 e. The van der Waals surface area contributed by atoms with Crippen molar-refractivity contribution >= 4 is 31.1 Å². The van der Waals surface area contributed by atoms with Gasteiger partial charge in [-0.15, -0.1) is 11.3 Å². The molecule has 0 radical (unpaired) electrons. The molecule has 0 bridgehead atoms. The van der Waals surface area contributed by atoms with Crippen molar-refractivity contribution in [3.63, 3.8) is 0 Å². The van der Waals surface area contributed by atoms with Gasteiger partial charge in [-0.05, 0) is 23.9 Å². The lowest BCUT2D eigenvalue weighted by Gasteiger charge is -1.90. The summed E-state index contributed by atoms with van der Waals surface area (Å²) in [6.07, 6.45) is 0. The van der Waals surface area contributed by atoms with Crippen LogP contribution in [0, 0.1) is 6.92 Å². The highest BCUT2D eigenvalue weighted by atomic mass is 35.7. The van der Waals surface area contributed by atoms with Gasteiger partial charge in [-0.3, -0.25) is 0 Å². The first-order chi connectivity index (χ1) is 7.46. The molecule has 0 unspecified atom stereocenters. The van der Waals surface area contributed by atoms with Gasteiger partial charge in [0.15, 0.2) is 5.76 Å². The zero-order valence-electron chi connectivity index (χ0n) is 8.31. The van der Waals surface area contributed by atoms with Gasteiger partial charge in [0.1, 0.15) is 11.4 Å². The Balaban J connectivity index is 2.30. The maximum absolute atomic E-state index is 10.8. The van der Waals surface area contributed by atoms with Crippen LogP contribution in [0.15, 0.2) is 22.0 Å². The van der Waals surface area contributed by atoms with Crippen LogP contribution in [-0.2, 0) is 14.8 Å². The molecule has 16 heavy (non-hydrogen) atoms. The molecule has 86 valence electrons. The first-order valence-electron chi connectivity index (χ1n) is 4.38. The first-order valence-corrected chi connectivity index (χ1v) is 7.74. The van der Waals surface area contributed by atoms with Crippen molar-refractivity contribution < 1.29 is 12.9 Å². The molecule has 0 aliphatic heterocycles. The van der Waals surface area contributed by atoms with Gasteiger partial charge in [0.2, 0.25) is 9.05 Å². The monoisotopic (exact) mass is 277 g/mol. The van der Waals surface area contributed by atoms with Gasteiger partial charge in [-0.2, -0.15) is 0 Å². The van der Waals surface area contributed by atoms with E-state index in [0.717, 1.165) is 10.4 Å². The molecule has 0 aliphatic carbocycles. The molecule has 4 nitrogen and oxygen atoms in total. The van der Waals surface area contributed by atoms with Crippen molar-refractivity contribution in [1.82, 2.24) is 5.16 Å². The lowest BCUT2D eigenvalue weighted by Crippen LogP contribution is -1.94. The number of nitrogens with zero attached hydrogens (tertiary/aromatic N) is 1. The second-order valence-electron chi connectivity index (χ2n) is 3.30. The van der Waals surface area contributed by atoms with Crippen LogP contribution in [-0.4, -0.2) is 13.6 Å². The Morgan fingerprint density at radius 2 is 2.31 bits per heavy atom. The Bertz CT molecular complexity index is 600. The molecule has 0 N–H and O–H groups in total. The van der Waals surface area contributed by atoms with E-state index < -0.39 is 9.05 Å². The summed E-state index contributed by atoms with van der Waals surface area (Å²) >= 11 is 1.52. The van der Waals surface area contributed by atoms with E-state index in [1.807, 2.05) is 18.4 Å². The van der Waals surface area contributed by atoms with Gasteiger partial charge < -0.3 is 4.52 Å². The SMILES string of the molecule is Cc1ccsc1-c1cc(CS(=O)(=O)Cl)no1. The number of rotatable bonds is 3. The maximum atomic E-state index is 10.8. The van der Waals surface area contributed by atoms with Crippen molar-refractivity contribution in [3.8, 4) is 10.6 Å². The molecule has 0 aliphatic rings. The summed E-state index contributed by atoms with van der Waals surface area (Å²) in [6.45, 7) is 1.95. The van der Waals surface area contributed by atoms with Gasteiger partial charge in [-0.25, -0.2) is 8.42 Å². The number of halogens is 1. The predicted octanol–water partition coefficient (Wildman–Crippen LogP) is 2.78. The molecule has 2 aromatic heterocycles. The van der Waals surface area contributed by atoms with E-state index in [9.17, 15) is 8.42 Å². The Kier molecular flexibility index (Phi) is 3.05. The molecule has 0 saturated heterocycles. The molecule has 2 rings (SSSR count). The molecule has 0 aromatic carbocycles. The van der Waals surface area contributed by atoms with Crippen LogP contribution in [0.3, 0.4) is 0 Å². The van der Waals surface area contributed by atoms with Gasteiger partial charge in [-0.1, -0.05) is 5.16 Å². The largest absolute Gasteiger partial charge is 0.355 e. The van der Waals surface area contributed by atoms with Crippen LogP contribution in [0.2, 0.25) is 0 Å². The normalized spacial score (nSPS) is 11.9. The molecular formula is C9H8ClNO3S2. The molecule has 0 saturated carbocycles. The lowest BCUT2D eigenvalue weighted by molar-refractivity contribution is 0.426. The van der Waals surface area contributed by atoms with Crippen LogP contribution in [0.4, 0.5) is 0 Å². The molecule has 0 fully saturated rings. The van der Waals surface area contributed by atoms with Gasteiger partial charge >= 0.3 is 0 Å². The number of aromatic nitrogens is 1. The molecule has 0 spiro atoms. The van der Waals surface area contributed by atoms with E-state index in [2.05, 4.69) is 5.16 Å². The van der Waals surface area contributed by atoms with E-state index in [1.54, 1.807) is 6.07 Å². The summed E-state index contributed by atoms with van der Waals surface area (Å²) in [7, 11) is 1.54. The third kappa shape index (κ3) is 2.63.